The summed E-state index contributed by atoms with van der Waals surface area (Å²) in [7, 11) is 0. The number of hydrogen-bond acceptors (Lipinski definition) is 0. The van der Waals surface area contributed by atoms with E-state index in [0.717, 1.165) is 0 Å². The van der Waals surface area contributed by atoms with Gasteiger partial charge in [0.05, 0.1) is 0 Å². The summed E-state index contributed by atoms with van der Waals surface area (Å²) in [6, 6.07) is 0. The van der Waals surface area contributed by atoms with Crippen LogP contribution in [0.2, 0.25) is 13.4 Å². The van der Waals surface area contributed by atoms with Gasteiger partial charge < -0.3 is 0 Å². The molecule has 0 amide bonds. The van der Waals surface area contributed by atoms with Crippen LogP contribution < -0.4 is 0 Å². The van der Waals surface area contributed by atoms with Gasteiger partial charge in [-0.05, 0) is 0 Å². The molecule has 0 aromatic rings. The van der Waals surface area contributed by atoms with Crippen molar-refractivity contribution in [3.8, 4) is 0 Å². The Morgan fingerprint density at radius 2 is 1.00 bits per heavy atom. The zero-order valence-corrected chi connectivity index (χ0v) is 9.98. The van der Waals surface area contributed by atoms with Gasteiger partial charge in [0.2, 0.25) is 0 Å². The normalized spacial score (nSPS) is 10.8. The predicted molar refractivity (Wildman–Crippen MR) is 51.0 cm³/mol. The fraction of sp³-hybridized carbons (Fsp3) is 1.00. The summed E-state index contributed by atoms with van der Waals surface area (Å²) in [6.07, 6.45) is 4.32. The van der Waals surface area contributed by atoms with Crippen LogP contribution in [0, 0.1) is 0 Å². The second-order valence-electron chi connectivity index (χ2n) is 2.72. The van der Waals surface area contributed by atoms with Gasteiger partial charge in [0.1, 0.15) is 0 Å². The van der Waals surface area contributed by atoms with Crippen LogP contribution in [0.4, 0.5) is 0 Å². The van der Waals surface area contributed by atoms with Crippen molar-refractivity contribution in [2.75, 3.05) is 0 Å². The predicted octanol–water partition coefficient (Wildman–Crippen LogP) is 3.71. The second kappa shape index (κ2) is 7.89. The SMILES string of the molecule is CCC[Te+](CCC)CCC. The Bertz CT molecular complexity index is 47.5. The standard InChI is InChI=1S/C9H21Te/c1-4-7-10(8-5-2)9-6-3/h4-9H2,1-3H3/q+1. The van der Waals surface area contributed by atoms with Crippen molar-refractivity contribution < 1.29 is 0 Å². The molecule has 62 valence electrons. The van der Waals surface area contributed by atoms with Crippen molar-refractivity contribution >= 4 is 19.6 Å². The van der Waals surface area contributed by atoms with Gasteiger partial charge in [0.25, 0.3) is 0 Å². The van der Waals surface area contributed by atoms with Gasteiger partial charge in [-0.2, -0.15) is 0 Å². The van der Waals surface area contributed by atoms with Crippen LogP contribution >= 0.6 is 0 Å². The third kappa shape index (κ3) is 5.57. The van der Waals surface area contributed by atoms with Crippen LogP contribution in [-0.2, 0) is 0 Å². The minimum absolute atomic E-state index is 0.516. The van der Waals surface area contributed by atoms with Crippen LogP contribution in [0.15, 0.2) is 0 Å². The molecule has 0 fully saturated rings. The second-order valence-corrected chi connectivity index (χ2v) is 9.72. The molecular weight excluding hydrogens is 236 g/mol. The summed E-state index contributed by atoms with van der Waals surface area (Å²) < 4.78 is 4.85. The Kier molecular flexibility index (Phi) is 8.51. The van der Waals surface area contributed by atoms with E-state index in [1.807, 2.05) is 0 Å². The minimum atomic E-state index is -0.516. The van der Waals surface area contributed by atoms with E-state index < -0.39 is 19.6 Å². The van der Waals surface area contributed by atoms with E-state index in [0.29, 0.717) is 0 Å². The molecule has 0 aliphatic rings. The molecule has 10 heavy (non-hydrogen) atoms. The van der Waals surface area contributed by atoms with Gasteiger partial charge in [-0.25, -0.2) is 0 Å². The molecule has 0 aliphatic heterocycles. The van der Waals surface area contributed by atoms with E-state index in [-0.39, 0.29) is 0 Å². The fourth-order valence-corrected chi connectivity index (χ4v) is 7.86. The van der Waals surface area contributed by atoms with E-state index in [2.05, 4.69) is 20.8 Å². The summed E-state index contributed by atoms with van der Waals surface area (Å²) in [5.74, 6) is 0. The van der Waals surface area contributed by atoms with E-state index in [1.54, 1.807) is 13.4 Å². The fourth-order valence-electron chi connectivity index (χ4n) is 1.17. The molecule has 0 unspecified atom stereocenters. The van der Waals surface area contributed by atoms with Crippen molar-refractivity contribution in [2.45, 2.75) is 53.4 Å². The van der Waals surface area contributed by atoms with E-state index >= 15 is 0 Å². The maximum absolute atomic E-state index is 2.33. The first-order chi connectivity index (χ1) is 4.85. The molecule has 0 aromatic heterocycles. The molecule has 0 aliphatic carbocycles. The molecule has 0 aromatic carbocycles. The van der Waals surface area contributed by atoms with Gasteiger partial charge in [-0.3, -0.25) is 0 Å². The summed E-state index contributed by atoms with van der Waals surface area (Å²) in [6.45, 7) is 7.00. The van der Waals surface area contributed by atoms with Crippen molar-refractivity contribution in [2.24, 2.45) is 0 Å². The van der Waals surface area contributed by atoms with Gasteiger partial charge in [-0.15, -0.1) is 0 Å². The molecule has 0 nitrogen and oxygen atoms in total. The topological polar surface area (TPSA) is 0 Å². The molecule has 0 saturated carbocycles. The Balaban J connectivity index is 3.30. The quantitative estimate of drug-likeness (QED) is 0.636. The number of hydrogen-bond donors (Lipinski definition) is 0. The first-order valence-electron chi connectivity index (χ1n) is 4.49. The van der Waals surface area contributed by atoms with Crippen molar-refractivity contribution in [1.29, 1.82) is 0 Å². The van der Waals surface area contributed by atoms with Crippen LogP contribution in [0.1, 0.15) is 40.0 Å². The van der Waals surface area contributed by atoms with E-state index in [9.17, 15) is 0 Å². The van der Waals surface area contributed by atoms with E-state index in [4.69, 9.17) is 0 Å². The molecule has 0 heterocycles. The van der Waals surface area contributed by atoms with Gasteiger partial charge >= 0.3 is 73.0 Å². The molecule has 0 rings (SSSR count). The Hall–Kier alpha value is 0.790. The average Bonchev–Trinajstić information content (AvgIpc) is 1.90. The first kappa shape index (κ1) is 10.8. The Morgan fingerprint density at radius 1 is 0.700 bits per heavy atom. The monoisotopic (exact) mass is 259 g/mol. The van der Waals surface area contributed by atoms with Crippen molar-refractivity contribution in [1.82, 2.24) is 0 Å². The van der Waals surface area contributed by atoms with Crippen molar-refractivity contribution in [3.05, 3.63) is 0 Å². The molecule has 0 atom stereocenters. The zero-order valence-electron chi connectivity index (χ0n) is 7.65. The van der Waals surface area contributed by atoms with Gasteiger partial charge in [0.15, 0.2) is 0 Å². The molecule has 0 spiro atoms. The molecule has 1 heteroatoms. The third-order valence-corrected chi connectivity index (χ3v) is 9.92. The molecule has 0 radical (unpaired) electrons. The van der Waals surface area contributed by atoms with Gasteiger partial charge in [0, 0.05) is 0 Å². The molecule has 0 saturated heterocycles. The molecule has 0 bridgehead atoms. The van der Waals surface area contributed by atoms with Gasteiger partial charge in [-0.1, -0.05) is 0 Å². The van der Waals surface area contributed by atoms with E-state index in [1.165, 1.54) is 19.3 Å². The average molecular weight is 257 g/mol. The van der Waals surface area contributed by atoms with Crippen molar-refractivity contribution in [3.63, 3.8) is 0 Å². The zero-order chi connectivity index (χ0) is 7.82. The maximum atomic E-state index is 2.33. The van der Waals surface area contributed by atoms with Crippen LogP contribution in [-0.4, -0.2) is 19.6 Å². The molecular formula is C9H21Te+. The number of rotatable bonds is 6. The summed E-state index contributed by atoms with van der Waals surface area (Å²) in [5, 5.41) is 0. The Morgan fingerprint density at radius 3 is 1.20 bits per heavy atom. The third-order valence-electron chi connectivity index (χ3n) is 1.48. The summed E-state index contributed by atoms with van der Waals surface area (Å²) in [4.78, 5) is 0. The Labute approximate surface area is 73.0 Å². The van der Waals surface area contributed by atoms with Crippen LogP contribution in [0.25, 0.3) is 0 Å². The first-order valence-corrected chi connectivity index (χ1v) is 9.43. The van der Waals surface area contributed by atoms with Crippen LogP contribution in [0.3, 0.4) is 0 Å². The molecule has 0 N–H and O–H groups in total. The van der Waals surface area contributed by atoms with Crippen LogP contribution in [0.5, 0.6) is 0 Å². The summed E-state index contributed by atoms with van der Waals surface area (Å²) in [5.41, 5.74) is 0. The summed E-state index contributed by atoms with van der Waals surface area (Å²) >= 11 is -0.516.